The highest BCUT2D eigenvalue weighted by atomic mass is 16.5. The molecule has 176 valence electrons. The van der Waals surface area contributed by atoms with Crippen LogP contribution in [0.25, 0.3) is 0 Å². The van der Waals surface area contributed by atoms with Crippen molar-refractivity contribution in [2.45, 2.75) is 83.5 Å². The molecule has 0 aliphatic heterocycles. The van der Waals surface area contributed by atoms with Gasteiger partial charge in [0.2, 0.25) is 0 Å². The monoisotopic (exact) mass is 437 g/mol. The third-order valence-electron chi connectivity index (χ3n) is 8.03. The van der Waals surface area contributed by atoms with Gasteiger partial charge in [-0.2, -0.15) is 0 Å². The van der Waals surface area contributed by atoms with Gasteiger partial charge in [-0.05, 0) is 100 Å². The Kier molecular flexibility index (Phi) is 7.34. The van der Waals surface area contributed by atoms with Crippen LogP contribution in [-0.2, 0) is 19.1 Å². The van der Waals surface area contributed by atoms with E-state index in [1.165, 1.54) is 0 Å². The Bertz CT molecular complexity index is 656. The molecule has 0 aromatic heterocycles. The summed E-state index contributed by atoms with van der Waals surface area (Å²) in [5, 5.41) is 18.6. The van der Waals surface area contributed by atoms with E-state index in [-0.39, 0.29) is 35.1 Å². The summed E-state index contributed by atoms with van der Waals surface area (Å²) in [5.74, 6) is -1.14. The molecular formula is C24H39NO6. The highest BCUT2D eigenvalue weighted by Crippen LogP contribution is 2.73. The van der Waals surface area contributed by atoms with E-state index in [1.54, 1.807) is 0 Å². The molecule has 4 aliphatic carbocycles. The minimum absolute atomic E-state index is 0.00801. The second kappa shape index (κ2) is 9.47. The zero-order valence-corrected chi connectivity index (χ0v) is 19.2. The number of carbonyl (C=O) groups excluding carboxylic acids is 1. The van der Waals surface area contributed by atoms with Gasteiger partial charge in [-0.15, -0.1) is 0 Å². The topological polar surface area (TPSA) is 104 Å². The van der Waals surface area contributed by atoms with Gasteiger partial charge in [-0.3, -0.25) is 14.4 Å². The molecule has 2 N–H and O–H groups in total. The van der Waals surface area contributed by atoms with E-state index in [0.29, 0.717) is 31.8 Å². The van der Waals surface area contributed by atoms with Crippen LogP contribution in [0.15, 0.2) is 0 Å². The molecule has 7 nitrogen and oxygen atoms in total. The maximum atomic E-state index is 12.4. The van der Waals surface area contributed by atoms with E-state index in [9.17, 15) is 24.6 Å². The lowest BCUT2D eigenvalue weighted by molar-refractivity contribution is -0.176. The molecular weight excluding hydrogens is 398 g/mol. The number of carboxylic acids is 2. The molecule has 31 heavy (non-hydrogen) atoms. The van der Waals surface area contributed by atoms with Gasteiger partial charge in [0.1, 0.15) is 0 Å². The van der Waals surface area contributed by atoms with Crippen LogP contribution >= 0.6 is 0 Å². The lowest BCUT2D eigenvalue weighted by atomic mass is 9.37. The molecule has 0 heterocycles. The molecule has 4 fully saturated rings. The Balaban J connectivity index is 1.66. The first-order valence-corrected chi connectivity index (χ1v) is 11.8. The number of carboxylic acid groups (broad SMARTS) is 2. The molecule has 0 radical (unpaired) electrons. The quantitative estimate of drug-likeness (QED) is 0.332. The summed E-state index contributed by atoms with van der Waals surface area (Å²) in [7, 11) is 3.99. The van der Waals surface area contributed by atoms with Crippen molar-refractivity contribution < 1.29 is 29.3 Å². The van der Waals surface area contributed by atoms with Gasteiger partial charge in [0.05, 0.1) is 6.61 Å². The first kappa shape index (κ1) is 24.0. The summed E-state index contributed by atoms with van der Waals surface area (Å²) in [6, 6.07) is 0. The van der Waals surface area contributed by atoms with Gasteiger partial charge in [-0.1, -0.05) is 0 Å². The fourth-order valence-corrected chi connectivity index (χ4v) is 7.65. The first-order chi connectivity index (χ1) is 14.6. The molecule has 2 unspecified atom stereocenters. The van der Waals surface area contributed by atoms with Crippen molar-refractivity contribution in [2.24, 2.45) is 22.2 Å². The zero-order chi connectivity index (χ0) is 22.7. The number of rotatable bonds is 13. The number of hydrogen-bond donors (Lipinski definition) is 2. The van der Waals surface area contributed by atoms with Gasteiger partial charge in [-0.25, -0.2) is 0 Å². The summed E-state index contributed by atoms with van der Waals surface area (Å²) in [4.78, 5) is 37.1. The van der Waals surface area contributed by atoms with Gasteiger partial charge in [0, 0.05) is 25.8 Å². The smallest absolute Gasteiger partial charge is 0.305 e. The van der Waals surface area contributed by atoms with Crippen LogP contribution in [0.2, 0.25) is 0 Å². The van der Waals surface area contributed by atoms with Gasteiger partial charge >= 0.3 is 17.9 Å². The highest BCUT2D eigenvalue weighted by Gasteiger charge is 2.62. The average Bonchev–Trinajstić information content (AvgIpc) is 2.66. The molecule has 0 amide bonds. The summed E-state index contributed by atoms with van der Waals surface area (Å²) >= 11 is 0. The normalized spacial score (nSPS) is 33.6. The maximum Gasteiger partial charge on any atom is 0.305 e. The number of hydrogen-bond acceptors (Lipinski definition) is 5. The predicted molar refractivity (Wildman–Crippen MR) is 116 cm³/mol. The molecule has 0 aromatic rings. The van der Waals surface area contributed by atoms with E-state index in [2.05, 4.69) is 4.90 Å². The third kappa shape index (κ3) is 6.21. The lowest BCUT2D eigenvalue weighted by Crippen LogP contribution is -2.57. The van der Waals surface area contributed by atoms with Crippen molar-refractivity contribution in [3.8, 4) is 0 Å². The van der Waals surface area contributed by atoms with Crippen LogP contribution in [0.4, 0.5) is 0 Å². The fraction of sp³-hybridized carbons (Fsp3) is 0.875. The first-order valence-electron chi connectivity index (χ1n) is 11.8. The van der Waals surface area contributed by atoms with Crippen LogP contribution in [0, 0.1) is 22.2 Å². The SMILES string of the molecule is CN(C)CCCOC(=O)CCC12CC3C[C@@](CCC(=O)O)(C1)C[C@](CCC(=O)O)(C3)C2. The summed E-state index contributed by atoms with van der Waals surface area (Å²) in [6.45, 7) is 1.33. The number of ether oxygens (including phenoxy) is 1. The van der Waals surface area contributed by atoms with Crippen molar-refractivity contribution in [1.29, 1.82) is 0 Å². The van der Waals surface area contributed by atoms with E-state index < -0.39 is 11.9 Å². The van der Waals surface area contributed by atoms with Crippen LogP contribution in [0.1, 0.15) is 83.5 Å². The van der Waals surface area contributed by atoms with Gasteiger partial charge in [0.15, 0.2) is 0 Å². The molecule has 0 spiro atoms. The Hall–Kier alpha value is -1.63. The van der Waals surface area contributed by atoms with Crippen molar-refractivity contribution in [2.75, 3.05) is 27.2 Å². The Morgan fingerprint density at radius 3 is 1.71 bits per heavy atom. The second-order valence-electron chi connectivity index (χ2n) is 11.2. The third-order valence-corrected chi connectivity index (χ3v) is 8.03. The largest absolute Gasteiger partial charge is 0.481 e. The van der Waals surface area contributed by atoms with Crippen LogP contribution < -0.4 is 0 Å². The Morgan fingerprint density at radius 1 is 0.839 bits per heavy atom. The summed E-state index contributed by atoms with van der Waals surface area (Å²) < 4.78 is 5.44. The number of carbonyl (C=O) groups is 3. The molecule has 0 aromatic carbocycles. The minimum atomic E-state index is -0.759. The predicted octanol–water partition coefficient (Wildman–Crippen LogP) is 3.95. The molecule has 4 rings (SSSR count). The van der Waals surface area contributed by atoms with E-state index in [4.69, 9.17) is 4.74 Å². The molecule has 4 saturated carbocycles. The molecule has 4 bridgehead atoms. The van der Waals surface area contributed by atoms with Crippen molar-refractivity contribution in [3.63, 3.8) is 0 Å². The van der Waals surface area contributed by atoms with E-state index in [0.717, 1.165) is 57.9 Å². The molecule has 0 saturated heterocycles. The highest BCUT2D eigenvalue weighted by molar-refractivity contribution is 5.69. The van der Waals surface area contributed by atoms with Crippen LogP contribution in [0.5, 0.6) is 0 Å². The number of nitrogens with zero attached hydrogens (tertiary/aromatic N) is 1. The number of aliphatic carboxylic acids is 2. The Labute approximate surface area is 185 Å². The molecule has 4 aliphatic rings. The minimum Gasteiger partial charge on any atom is -0.481 e. The van der Waals surface area contributed by atoms with Crippen molar-refractivity contribution in [1.82, 2.24) is 4.90 Å². The lowest BCUT2D eigenvalue weighted by Gasteiger charge is -2.67. The van der Waals surface area contributed by atoms with Crippen LogP contribution in [-0.4, -0.2) is 60.3 Å². The second-order valence-corrected chi connectivity index (χ2v) is 11.2. The standard InChI is InChI=1S/C24H39NO6/c1-25(2)10-3-11-31-21(30)6-9-24-14-18-12-22(16-24,7-4-19(26)27)15-23(13-18,17-24)8-5-20(28)29/h18H,3-17H2,1-2H3,(H,26,27)(H,28,29)/t18?,22-,23+,24?. The fourth-order valence-electron chi connectivity index (χ4n) is 7.65. The van der Waals surface area contributed by atoms with Crippen LogP contribution in [0.3, 0.4) is 0 Å². The van der Waals surface area contributed by atoms with Gasteiger partial charge < -0.3 is 19.8 Å². The molecule has 4 atom stereocenters. The summed E-state index contributed by atoms with van der Waals surface area (Å²) in [6.07, 6.45) is 9.81. The molecule has 7 heteroatoms. The summed E-state index contributed by atoms with van der Waals surface area (Å²) in [5.41, 5.74) is 0.0108. The zero-order valence-electron chi connectivity index (χ0n) is 19.2. The maximum absolute atomic E-state index is 12.4. The van der Waals surface area contributed by atoms with Crippen molar-refractivity contribution in [3.05, 3.63) is 0 Å². The van der Waals surface area contributed by atoms with Gasteiger partial charge in [0.25, 0.3) is 0 Å². The van der Waals surface area contributed by atoms with E-state index >= 15 is 0 Å². The Morgan fingerprint density at radius 2 is 1.29 bits per heavy atom. The number of esters is 1. The van der Waals surface area contributed by atoms with Crippen molar-refractivity contribution >= 4 is 17.9 Å². The average molecular weight is 438 g/mol. The van der Waals surface area contributed by atoms with E-state index in [1.807, 2.05) is 14.1 Å².